The summed E-state index contributed by atoms with van der Waals surface area (Å²) in [5.74, 6) is -3.37. The number of carboxylic acid groups (broad SMARTS) is 1. The second-order valence-corrected chi connectivity index (χ2v) is 5.95. The van der Waals surface area contributed by atoms with E-state index >= 15 is 0 Å². The van der Waals surface area contributed by atoms with E-state index in [0.717, 1.165) is 0 Å². The van der Waals surface area contributed by atoms with Crippen molar-refractivity contribution in [3.8, 4) is 0 Å². The van der Waals surface area contributed by atoms with Crippen LogP contribution in [-0.4, -0.2) is 29.1 Å². The van der Waals surface area contributed by atoms with Crippen LogP contribution in [0.1, 0.15) is 34.1 Å². The third kappa shape index (κ3) is 3.13. The molecule has 1 aliphatic rings. The predicted octanol–water partition coefficient (Wildman–Crippen LogP) is 2.50. The maximum Gasteiger partial charge on any atom is 0.454 e. The molecule has 0 aromatic heterocycles. The van der Waals surface area contributed by atoms with Gasteiger partial charge in [0.2, 0.25) is 0 Å². The first-order valence-electron chi connectivity index (χ1n) is 6.22. The van der Waals surface area contributed by atoms with E-state index in [4.69, 9.17) is 5.11 Å². The molecule has 1 atom stereocenters. The van der Waals surface area contributed by atoms with Crippen LogP contribution in [0, 0.1) is 11.3 Å². The molecule has 0 aliphatic heterocycles. The third-order valence-electron chi connectivity index (χ3n) is 3.34. The molecular weight excluding hydrogens is 275 g/mol. The zero-order valence-electron chi connectivity index (χ0n) is 11.8. The van der Waals surface area contributed by atoms with E-state index < -0.39 is 29.4 Å². The van der Waals surface area contributed by atoms with Crippen LogP contribution in [-0.2, 0) is 9.59 Å². The number of carbonyl (C=O) groups is 2. The Bertz CT molecular complexity index is 464. The first-order chi connectivity index (χ1) is 8.88. The van der Waals surface area contributed by atoms with Gasteiger partial charge in [-0.25, -0.2) is 4.79 Å². The van der Waals surface area contributed by atoms with Crippen molar-refractivity contribution in [1.29, 1.82) is 0 Å². The van der Waals surface area contributed by atoms with E-state index in [1.54, 1.807) is 13.8 Å². The van der Waals surface area contributed by atoms with E-state index in [1.807, 2.05) is 0 Å². The van der Waals surface area contributed by atoms with Crippen molar-refractivity contribution in [3.63, 3.8) is 0 Å². The van der Waals surface area contributed by atoms with Gasteiger partial charge in [-0.1, -0.05) is 27.7 Å². The molecule has 0 bridgehead atoms. The van der Waals surface area contributed by atoms with Crippen LogP contribution in [0.5, 0.6) is 0 Å². The van der Waals surface area contributed by atoms with Crippen LogP contribution in [0.3, 0.4) is 0 Å². The molecule has 0 radical (unpaired) electrons. The SMILES string of the molecule is CC(C)C(NC1=C(C(=O)C(F)(F)F)C(C)(C)C1)C(=O)O. The second-order valence-electron chi connectivity index (χ2n) is 5.95. The fourth-order valence-corrected chi connectivity index (χ4v) is 2.33. The topological polar surface area (TPSA) is 66.4 Å². The lowest BCUT2D eigenvalue weighted by atomic mass is 9.67. The summed E-state index contributed by atoms with van der Waals surface area (Å²) in [6, 6.07) is -1.02. The quantitative estimate of drug-likeness (QED) is 0.817. The highest BCUT2D eigenvalue weighted by molar-refractivity contribution is 6.02. The molecule has 0 aromatic rings. The van der Waals surface area contributed by atoms with Gasteiger partial charge in [-0.15, -0.1) is 0 Å². The number of nitrogens with one attached hydrogen (secondary N) is 1. The molecule has 0 fully saturated rings. The average Bonchev–Trinajstić information content (AvgIpc) is 2.20. The summed E-state index contributed by atoms with van der Waals surface area (Å²) in [7, 11) is 0. The smallest absolute Gasteiger partial charge is 0.454 e. The summed E-state index contributed by atoms with van der Waals surface area (Å²) in [4.78, 5) is 22.5. The Hall–Kier alpha value is -1.53. The molecule has 2 N–H and O–H groups in total. The molecule has 114 valence electrons. The highest BCUT2D eigenvalue weighted by Gasteiger charge is 2.51. The van der Waals surface area contributed by atoms with Gasteiger partial charge in [-0.3, -0.25) is 4.79 Å². The highest BCUT2D eigenvalue weighted by Crippen LogP contribution is 2.47. The Morgan fingerprint density at radius 2 is 1.80 bits per heavy atom. The Balaban J connectivity index is 3.09. The van der Waals surface area contributed by atoms with Gasteiger partial charge < -0.3 is 10.4 Å². The fraction of sp³-hybridized carbons (Fsp3) is 0.692. The predicted molar refractivity (Wildman–Crippen MR) is 65.9 cm³/mol. The molecule has 7 heteroatoms. The molecule has 0 saturated carbocycles. The maximum atomic E-state index is 12.6. The Morgan fingerprint density at radius 3 is 2.10 bits per heavy atom. The van der Waals surface area contributed by atoms with Crippen LogP contribution < -0.4 is 5.32 Å². The van der Waals surface area contributed by atoms with Crippen LogP contribution in [0.25, 0.3) is 0 Å². The third-order valence-corrected chi connectivity index (χ3v) is 3.34. The number of rotatable bonds is 5. The van der Waals surface area contributed by atoms with E-state index in [1.165, 1.54) is 13.8 Å². The van der Waals surface area contributed by atoms with E-state index in [2.05, 4.69) is 5.32 Å². The lowest BCUT2D eigenvalue weighted by Gasteiger charge is -2.41. The van der Waals surface area contributed by atoms with Gasteiger partial charge in [0.05, 0.1) is 0 Å². The lowest BCUT2D eigenvalue weighted by molar-refractivity contribution is -0.168. The number of hydrogen-bond donors (Lipinski definition) is 2. The number of ketones is 1. The zero-order chi connectivity index (χ0) is 15.9. The highest BCUT2D eigenvalue weighted by atomic mass is 19.4. The average molecular weight is 293 g/mol. The monoisotopic (exact) mass is 293 g/mol. The van der Waals surface area contributed by atoms with E-state index in [-0.39, 0.29) is 23.6 Å². The van der Waals surface area contributed by atoms with Gasteiger partial charge >= 0.3 is 12.1 Å². The maximum absolute atomic E-state index is 12.6. The standard InChI is InChI=1S/C13H18F3NO3/c1-6(2)9(11(19)20)17-7-5-12(3,4)8(7)10(18)13(14,15)16/h6,9,17H,5H2,1-4H3,(H,19,20). The van der Waals surface area contributed by atoms with Crippen molar-refractivity contribution in [2.45, 2.75) is 46.3 Å². The van der Waals surface area contributed by atoms with Crippen LogP contribution in [0.15, 0.2) is 11.3 Å². The Kier molecular flexibility index (Phi) is 4.22. The number of hydrogen-bond acceptors (Lipinski definition) is 3. The molecule has 4 nitrogen and oxygen atoms in total. The number of carboxylic acids is 1. The minimum absolute atomic E-state index is 0.0819. The molecular formula is C13H18F3NO3. The van der Waals surface area contributed by atoms with Gasteiger partial charge in [0.1, 0.15) is 6.04 Å². The molecule has 20 heavy (non-hydrogen) atoms. The second kappa shape index (κ2) is 5.10. The Morgan fingerprint density at radius 1 is 1.30 bits per heavy atom. The number of carbonyl (C=O) groups excluding carboxylic acids is 1. The van der Waals surface area contributed by atoms with Crippen molar-refractivity contribution in [1.82, 2.24) is 5.32 Å². The summed E-state index contributed by atoms with van der Waals surface area (Å²) < 4.78 is 37.7. The zero-order valence-corrected chi connectivity index (χ0v) is 11.8. The molecule has 0 amide bonds. The van der Waals surface area contributed by atoms with Gasteiger partial charge in [0, 0.05) is 16.7 Å². The summed E-state index contributed by atoms with van der Waals surface area (Å²) in [6.45, 7) is 6.34. The first-order valence-corrected chi connectivity index (χ1v) is 6.22. The van der Waals surface area contributed by atoms with E-state index in [0.29, 0.717) is 0 Å². The molecule has 1 rings (SSSR count). The summed E-state index contributed by atoms with van der Waals surface area (Å²) in [6.07, 6.45) is -4.73. The summed E-state index contributed by atoms with van der Waals surface area (Å²) >= 11 is 0. The molecule has 0 heterocycles. The van der Waals surface area contributed by atoms with Crippen LogP contribution >= 0.6 is 0 Å². The molecule has 1 unspecified atom stereocenters. The minimum atomic E-state index is -4.95. The van der Waals surface area contributed by atoms with Crippen molar-refractivity contribution in [3.05, 3.63) is 11.3 Å². The van der Waals surface area contributed by atoms with Crippen molar-refractivity contribution >= 4 is 11.8 Å². The number of alkyl halides is 3. The van der Waals surface area contributed by atoms with E-state index in [9.17, 15) is 22.8 Å². The number of allylic oxidation sites excluding steroid dienone is 2. The molecule has 0 spiro atoms. The van der Waals surface area contributed by atoms with Crippen LogP contribution in [0.2, 0.25) is 0 Å². The number of aliphatic carboxylic acids is 1. The van der Waals surface area contributed by atoms with Gasteiger partial charge in [-0.05, 0) is 12.3 Å². The minimum Gasteiger partial charge on any atom is -0.480 e. The Labute approximate surface area is 115 Å². The molecule has 1 aliphatic carbocycles. The van der Waals surface area contributed by atoms with Crippen molar-refractivity contribution < 1.29 is 27.9 Å². The fourth-order valence-electron chi connectivity index (χ4n) is 2.33. The first kappa shape index (κ1) is 16.5. The van der Waals surface area contributed by atoms with Gasteiger partial charge in [0.15, 0.2) is 0 Å². The van der Waals surface area contributed by atoms with Gasteiger partial charge in [-0.2, -0.15) is 13.2 Å². The summed E-state index contributed by atoms with van der Waals surface area (Å²) in [5, 5.41) is 11.6. The largest absolute Gasteiger partial charge is 0.480 e. The lowest BCUT2D eigenvalue weighted by Crippen LogP contribution is -2.48. The summed E-state index contributed by atoms with van der Waals surface area (Å²) in [5.41, 5.74) is -1.18. The van der Waals surface area contributed by atoms with Gasteiger partial charge in [0.25, 0.3) is 5.78 Å². The number of Topliss-reactive ketones (excluding diaryl/α,β-unsaturated/α-hetero) is 1. The number of halogens is 3. The molecule has 0 saturated heterocycles. The van der Waals surface area contributed by atoms with Crippen molar-refractivity contribution in [2.75, 3.05) is 0 Å². The molecule has 0 aromatic carbocycles. The van der Waals surface area contributed by atoms with Crippen LogP contribution in [0.4, 0.5) is 13.2 Å². The normalized spacial score (nSPS) is 19.6. The van der Waals surface area contributed by atoms with Crippen molar-refractivity contribution in [2.24, 2.45) is 11.3 Å².